The van der Waals surface area contributed by atoms with Crippen molar-refractivity contribution in [2.75, 3.05) is 19.0 Å². The second-order valence-electron chi connectivity index (χ2n) is 6.54. The first kappa shape index (κ1) is 21.6. The Morgan fingerprint density at radius 3 is 2.68 bits per heavy atom. The van der Waals surface area contributed by atoms with Crippen molar-refractivity contribution < 1.29 is 24.2 Å². The van der Waals surface area contributed by atoms with E-state index >= 15 is 0 Å². The normalized spacial score (nSPS) is 10.6. The van der Waals surface area contributed by atoms with Gasteiger partial charge in [-0.3, -0.25) is 9.78 Å². The molecule has 3 rings (SSSR count). The van der Waals surface area contributed by atoms with Gasteiger partial charge in [0.25, 0.3) is 0 Å². The lowest BCUT2D eigenvalue weighted by Crippen LogP contribution is -2.11. The third kappa shape index (κ3) is 6.17. The minimum atomic E-state index is -1.11. The predicted molar refractivity (Wildman–Crippen MR) is 117 cm³/mol. The molecule has 1 aromatic heterocycles. The van der Waals surface area contributed by atoms with E-state index in [2.05, 4.69) is 10.3 Å². The lowest BCUT2D eigenvalue weighted by atomic mass is 10.1. The fourth-order valence-corrected chi connectivity index (χ4v) is 2.86. The van der Waals surface area contributed by atoms with Crippen LogP contribution in [0.2, 0.25) is 0 Å². The summed E-state index contributed by atoms with van der Waals surface area (Å²) in [5.74, 6) is -0.401. The van der Waals surface area contributed by atoms with Crippen LogP contribution in [0, 0.1) is 0 Å². The highest BCUT2D eigenvalue weighted by Gasteiger charge is 2.10. The number of carboxylic acids is 1. The molecule has 0 saturated carbocycles. The number of amides is 1. The molecular weight excluding hydrogens is 396 g/mol. The standard InChI is InChI=1S/C24H22N2O5/c1-30-22-15-17(8-10-21(22)31-14-12-18-5-4-13-25-16-18)9-11-23(27)26-20-7-3-2-6-19(20)24(28)29/h2-11,13,15-16H,12,14H2,1H3,(H,26,27)(H,28,29)/b11-9+. The molecular formula is C24H22N2O5. The summed E-state index contributed by atoms with van der Waals surface area (Å²) in [6.07, 6.45) is 7.19. The van der Waals surface area contributed by atoms with E-state index < -0.39 is 11.9 Å². The Kier molecular flexibility index (Phi) is 7.37. The van der Waals surface area contributed by atoms with Gasteiger partial charge in [-0.1, -0.05) is 24.3 Å². The van der Waals surface area contributed by atoms with E-state index in [1.54, 1.807) is 55.9 Å². The quantitative estimate of drug-likeness (QED) is 0.509. The van der Waals surface area contributed by atoms with E-state index in [1.807, 2.05) is 12.1 Å². The Bertz CT molecular complexity index is 1080. The van der Waals surface area contributed by atoms with Gasteiger partial charge in [0.2, 0.25) is 5.91 Å². The van der Waals surface area contributed by atoms with Gasteiger partial charge in [-0.05, 0) is 47.5 Å². The molecule has 0 unspecified atom stereocenters. The number of pyridine rings is 1. The zero-order valence-corrected chi connectivity index (χ0v) is 16.9. The number of carboxylic acid groups (broad SMARTS) is 1. The Hall–Kier alpha value is -4.13. The number of nitrogens with one attached hydrogen (secondary N) is 1. The number of nitrogens with zero attached hydrogens (tertiary/aromatic N) is 1. The third-order valence-electron chi connectivity index (χ3n) is 4.40. The molecule has 2 aromatic carbocycles. The van der Waals surface area contributed by atoms with Crippen molar-refractivity contribution in [1.82, 2.24) is 4.98 Å². The highest BCUT2D eigenvalue weighted by Crippen LogP contribution is 2.28. The fraction of sp³-hybridized carbons (Fsp3) is 0.125. The molecule has 7 nitrogen and oxygen atoms in total. The number of aromatic nitrogens is 1. The van der Waals surface area contributed by atoms with Crippen molar-refractivity contribution in [2.45, 2.75) is 6.42 Å². The summed E-state index contributed by atoms with van der Waals surface area (Å²) in [6.45, 7) is 0.475. The number of para-hydroxylation sites is 1. The molecule has 1 amide bonds. The molecule has 0 bridgehead atoms. The highest BCUT2D eigenvalue weighted by atomic mass is 16.5. The van der Waals surface area contributed by atoms with Gasteiger partial charge in [-0.25, -0.2) is 4.79 Å². The predicted octanol–water partition coefficient (Wildman–Crippen LogP) is 4.06. The maximum Gasteiger partial charge on any atom is 0.337 e. The smallest absolute Gasteiger partial charge is 0.337 e. The summed E-state index contributed by atoms with van der Waals surface area (Å²) in [4.78, 5) is 27.5. The van der Waals surface area contributed by atoms with Crippen LogP contribution in [0.5, 0.6) is 11.5 Å². The van der Waals surface area contributed by atoms with Crippen molar-refractivity contribution in [3.63, 3.8) is 0 Å². The molecule has 158 valence electrons. The van der Waals surface area contributed by atoms with E-state index in [4.69, 9.17) is 9.47 Å². The molecule has 0 aliphatic heterocycles. The first-order chi connectivity index (χ1) is 15.1. The molecule has 0 fully saturated rings. The molecule has 7 heteroatoms. The minimum absolute atomic E-state index is 0.0266. The number of benzene rings is 2. The van der Waals surface area contributed by atoms with Crippen LogP contribution in [-0.4, -0.2) is 35.7 Å². The number of methoxy groups -OCH3 is 1. The van der Waals surface area contributed by atoms with E-state index in [9.17, 15) is 14.7 Å². The second-order valence-corrected chi connectivity index (χ2v) is 6.54. The van der Waals surface area contributed by atoms with Crippen LogP contribution in [0.15, 0.2) is 73.1 Å². The molecule has 0 aliphatic rings. The maximum absolute atomic E-state index is 12.2. The lowest BCUT2D eigenvalue weighted by Gasteiger charge is -2.11. The lowest BCUT2D eigenvalue weighted by molar-refractivity contribution is -0.111. The zero-order chi connectivity index (χ0) is 22.1. The van der Waals surface area contributed by atoms with Gasteiger partial charge in [-0.2, -0.15) is 0 Å². The molecule has 0 spiro atoms. The van der Waals surface area contributed by atoms with Gasteiger partial charge in [0, 0.05) is 24.9 Å². The Balaban J connectivity index is 1.62. The number of rotatable bonds is 9. The van der Waals surface area contributed by atoms with Crippen LogP contribution in [0.3, 0.4) is 0 Å². The van der Waals surface area contributed by atoms with E-state index in [1.165, 1.54) is 18.2 Å². The van der Waals surface area contributed by atoms with Crippen molar-refractivity contribution >= 4 is 23.6 Å². The average Bonchev–Trinajstić information content (AvgIpc) is 2.79. The van der Waals surface area contributed by atoms with Gasteiger partial charge in [0.1, 0.15) is 0 Å². The summed E-state index contributed by atoms with van der Waals surface area (Å²) in [6, 6.07) is 15.4. The first-order valence-electron chi connectivity index (χ1n) is 9.58. The SMILES string of the molecule is COc1cc(/C=C/C(=O)Nc2ccccc2C(=O)O)ccc1OCCc1cccnc1. The molecule has 0 radical (unpaired) electrons. The summed E-state index contributed by atoms with van der Waals surface area (Å²) in [5, 5.41) is 11.8. The first-order valence-corrected chi connectivity index (χ1v) is 9.58. The second kappa shape index (κ2) is 10.6. The van der Waals surface area contributed by atoms with Crippen LogP contribution in [0.25, 0.3) is 6.08 Å². The summed E-state index contributed by atoms with van der Waals surface area (Å²) < 4.78 is 11.2. The summed E-state index contributed by atoms with van der Waals surface area (Å²) >= 11 is 0. The fourth-order valence-electron chi connectivity index (χ4n) is 2.86. The van der Waals surface area contributed by atoms with Crippen molar-refractivity contribution in [3.8, 4) is 11.5 Å². The van der Waals surface area contributed by atoms with Gasteiger partial charge in [0.05, 0.1) is 25.0 Å². The number of hydrogen-bond acceptors (Lipinski definition) is 5. The van der Waals surface area contributed by atoms with Crippen LogP contribution in [0.1, 0.15) is 21.5 Å². The van der Waals surface area contributed by atoms with E-state index in [0.29, 0.717) is 18.1 Å². The average molecular weight is 418 g/mol. The van der Waals surface area contributed by atoms with Crippen LogP contribution < -0.4 is 14.8 Å². The van der Waals surface area contributed by atoms with Gasteiger partial charge >= 0.3 is 5.97 Å². The monoisotopic (exact) mass is 418 g/mol. The van der Waals surface area contributed by atoms with Gasteiger partial charge in [0.15, 0.2) is 11.5 Å². The summed E-state index contributed by atoms with van der Waals surface area (Å²) in [5.41, 5.74) is 2.08. The van der Waals surface area contributed by atoms with E-state index in [-0.39, 0.29) is 11.3 Å². The van der Waals surface area contributed by atoms with Crippen molar-refractivity contribution in [3.05, 3.63) is 89.8 Å². The molecule has 0 saturated heterocycles. The number of hydrogen-bond donors (Lipinski definition) is 2. The van der Waals surface area contributed by atoms with Crippen LogP contribution >= 0.6 is 0 Å². The van der Waals surface area contributed by atoms with Gasteiger partial charge in [-0.15, -0.1) is 0 Å². The van der Waals surface area contributed by atoms with Crippen LogP contribution in [0.4, 0.5) is 5.69 Å². The minimum Gasteiger partial charge on any atom is -0.493 e. The van der Waals surface area contributed by atoms with Crippen molar-refractivity contribution in [2.24, 2.45) is 0 Å². The van der Waals surface area contributed by atoms with Crippen molar-refractivity contribution in [1.29, 1.82) is 0 Å². The topological polar surface area (TPSA) is 97.8 Å². The maximum atomic E-state index is 12.2. The molecule has 31 heavy (non-hydrogen) atoms. The van der Waals surface area contributed by atoms with Gasteiger partial charge < -0.3 is 19.9 Å². The third-order valence-corrected chi connectivity index (χ3v) is 4.40. The highest BCUT2D eigenvalue weighted by molar-refractivity contribution is 6.06. The Morgan fingerprint density at radius 2 is 1.94 bits per heavy atom. The zero-order valence-electron chi connectivity index (χ0n) is 16.9. The molecule has 1 heterocycles. The van der Waals surface area contributed by atoms with Crippen LogP contribution in [-0.2, 0) is 11.2 Å². The summed E-state index contributed by atoms with van der Waals surface area (Å²) in [7, 11) is 1.55. The number of carbonyl (C=O) groups excluding carboxylic acids is 1. The largest absolute Gasteiger partial charge is 0.493 e. The molecule has 3 aromatic rings. The number of anilines is 1. The number of carbonyl (C=O) groups is 2. The molecule has 0 atom stereocenters. The molecule has 0 aliphatic carbocycles. The molecule has 2 N–H and O–H groups in total. The number of ether oxygens (including phenoxy) is 2. The number of aromatic carboxylic acids is 1. The van der Waals surface area contributed by atoms with E-state index in [0.717, 1.165) is 17.5 Å². The Morgan fingerprint density at radius 1 is 1.10 bits per heavy atom. The Labute approximate surface area is 180 Å².